The first-order valence-electron chi connectivity index (χ1n) is 8.15. The molecule has 25 heavy (non-hydrogen) atoms. The SMILES string of the molecule is O=C(NC[C@@H]1CC(=O)N(Cc2ccccc2)C1)c1ccc(O)cc1O. The van der Waals surface area contributed by atoms with Crippen molar-refractivity contribution in [1.29, 1.82) is 0 Å². The van der Waals surface area contributed by atoms with E-state index < -0.39 is 5.91 Å². The summed E-state index contributed by atoms with van der Waals surface area (Å²) in [6.45, 7) is 1.52. The maximum atomic E-state index is 12.1. The van der Waals surface area contributed by atoms with Gasteiger partial charge in [0, 0.05) is 38.0 Å². The fourth-order valence-corrected chi connectivity index (χ4v) is 2.99. The van der Waals surface area contributed by atoms with Crippen LogP contribution in [0.15, 0.2) is 48.5 Å². The third-order valence-corrected chi connectivity index (χ3v) is 4.29. The Balaban J connectivity index is 1.54. The summed E-state index contributed by atoms with van der Waals surface area (Å²) < 4.78 is 0. The molecule has 1 aliphatic rings. The Morgan fingerprint density at radius 3 is 2.64 bits per heavy atom. The van der Waals surface area contributed by atoms with Crippen molar-refractivity contribution in [3.8, 4) is 11.5 Å². The molecule has 3 rings (SSSR count). The molecule has 2 amide bonds. The van der Waals surface area contributed by atoms with Crippen LogP contribution in [0.3, 0.4) is 0 Å². The fourth-order valence-electron chi connectivity index (χ4n) is 2.99. The number of phenols is 2. The minimum absolute atomic E-state index is 0.0411. The van der Waals surface area contributed by atoms with E-state index in [0.717, 1.165) is 11.6 Å². The molecule has 0 aromatic heterocycles. The Bertz CT molecular complexity index is 776. The Kier molecular flexibility index (Phi) is 4.88. The maximum absolute atomic E-state index is 12.1. The fraction of sp³-hybridized carbons (Fsp3) is 0.263. The highest BCUT2D eigenvalue weighted by Gasteiger charge is 2.29. The molecule has 0 aliphatic carbocycles. The number of carbonyl (C=O) groups excluding carboxylic acids is 2. The number of likely N-dealkylation sites (tertiary alicyclic amines) is 1. The molecule has 6 heteroatoms. The van der Waals surface area contributed by atoms with E-state index in [2.05, 4.69) is 5.32 Å². The normalized spacial score (nSPS) is 16.9. The van der Waals surface area contributed by atoms with Crippen molar-refractivity contribution in [2.45, 2.75) is 13.0 Å². The van der Waals surface area contributed by atoms with Crippen molar-refractivity contribution in [2.75, 3.05) is 13.1 Å². The Morgan fingerprint density at radius 1 is 1.16 bits per heavy atom. The zero-order valence-corrected chi connectivity index (χ0v) is 13.7. The van der Waals surface area contributed by atoms with Crippen LogP contribution in [0.2, 0.25) is 0 Å². The molecule has 1 fully saturated rings. The number of hydrogen-bond donors (Lipinski definition) is 3. The standard InChI is InChI=1S/C19H20N2O4/c22-15-6-7-16(17(23)9-15)19(25)20-10-14-8-18(24)21(12-14)11-13-4-2-1-3-5-13/h1-7,9,14,22-23H,8,10-12H2,(H,20,25)/t14-/m0/s1. The summed E-state index contributed by atoms with van der Waals surface area (Å²) in [5, 5.41) is 21.7. The molecule has 0 unspecified atom stereocenters. The van der Waals surface area contributed by atoms with Crippen LogP contribution in [-0.2, 0) is 11.3 Å². The first-order chi connectivity index (χ1) is 12.0. The molecular weight excluding hydrogens is 320 g/mol. The van der Waals surface area contributed by atoms with E-state index in [1.54, 1.807) is 4.90 Å². The molecule has 0 spiro atoms. The van der Waals surface area contributed by atoms with Gasteiger partial charge < -0.3 is 20.4 Å². The lowest BCUT2D eigenvalue weighted by molar-refractivity contribution is -0.128. The van der Waals surface area contributed by atoms with Gasteiger partial charge in [0.2, 0.25) is 5.91 Å². The van der Waals surface area contributed by atoms with Crippen molar-refractivity contribution >= 4 is 11.8 Å². The van der Waals surface area contributed by atoms with Crippen molar-refractivity contribution in [2.24, 2.45) is 5.92 Å². The first kappa shape index (κ1) is 16.8. The lowest BCUT2D eigenvalue weighted by Crippen LogP contribution is -2.31. The molecule has 0 bridgehead atoms. The zero-order chi connectivity index (χ0) is 17.8. The smallest absolute Gasteiger partial charge is 0.255 e. The zero-order valence-electron chi connectivity index (χ0n) is 13.7. The van der Waals surface area contributed by atoms with Crippen LogP contribution < -0.4 is 5.32 Å². The topological polar surface area (TPSA) is 89.9 Å². The largest absolute Gasteiger partial charge is 0.508 e. The number of carbonyl (C=O) groups is 2. The Labute approximate surface area is 145 Å². The van der Waals surface area contributed by atoms with Gasteiger partial charge in [0.15, 0.2) is 0 Å². The number of rotatable bonds is 5. The molecule has 130 valence electrons. The Hall–Kier alpha value is -3.02. The molecule has 1 heterocycles. The predicted octanol–water partition coefficient (Wildman–Crippen LogP) is 1.88. The molecule has 3 N–H and O–H groups in total. The van der Waals surface area contributed by atoms with Crippen LogP contribution in [0.25, 0.3) is 0 Å². The molecule has 0 radical (unpaired) electrons. The predicted molar refractivity (Wildman–Crippen MR) is 92.1 cm³/mol. The highest BCUT2D eigenvalue weighted by atomic mass is 16.3. The van der Waals surface area contributed by atoms with Crippen molar-refractivity contribution in [3.63, 3.8) is 0 Å². The summed E-state index contributed by atoms with van der Waals surface area (Å²) >= 11 is 0. The number of nitrogens with one attached hydrogen (secondary N) is 1. The van der Waals surface area contributed by atoms with Gasteiger partial charge in [-0.2, -0.15) is 0 Å². The molecule has 1 saturated heterocycles. The van der Waals surface area contributed by atoms with Crippen LogP contribution in [0.5, 0.6) is 11.5 Å². The van der Waals surface area contributed by atoms with Crippen molar-refractivity contribution in [1.82, 2.24) is 10.2 Å². The number of amides is 2. The van der Waals surface area contributed by atoms with E-state index in [0.29, 0.717) is 26.1 Å². The van der Waals surface area contributed by atoms with Gasteiger partial charge in [-0.25, -0.2) is 0 Å². The summed E-state index contributed by atoms with van der Waals surface area (Å²) in [5.41, 5.74) is 1.18. The van der Waals surface area contributed by atoms with Crippen LogP contribution >= 0.6 is 0 Å². The van der Waals surface area contributed by atoms with Gasteiger partial charge >= 0.3 is 0 Å². The van der Waals surface area contributed by atoms with Crippen LogP contribution in [0.1, 0.15) is 22.3 Å². The second kappa shape index (κ2) is 7.25. The number of hydrogen-bond acceptors (Lipinski definition) is 4. The lowest BCUT2D eigenvalue weighted by atomic mass is 10.1. The highest BCUT2D eigenvalue weighted by Crippen LogP contribution is 2.23. The quantitative estimate of drug-likeness (QED) is 0.775. The van der Waals surface area contributed by atoms with Crippen LogP contribution in [0, 0.1) is 5.92 Å². The minimum Gasteiger partial charge on any atom is -0.508 e. The molecule has 2 aromatic rings. The average molecular weight is 340 g/mol. The number of nitrogens with zero attached hydrogens (tertiary/aromatic N) is 1. The van der Waals surface area contributed by atoms with Gasteiger partial charge in [-0.3, -0.25) is 9.59 Å². The second-order valence-corrected chi connectivity index (χ2v) is 6.24. The molecule has 0 saturated carbocycles. The van der Waals surface area contributed by atoms with E-state index in [1.165, 1.54) is 12.1 Å². The first-order valence-corrected chi connectivity index (χ1v) is 8.15. The number of phenolic OH excluding ortho intramolecular Hbond substituents is 2. The van der Waals surface area contributed by atoms with Crippen molar-refractivity contribution < 1.29 is 19.8 Å². The van der Waals surface area contributed by atoms with E-state index in [9.17, 15) is 19.8 Å². The van der Waals surface area contributed by atoms with Crippen LogP contribution in [-0.4, -0.2) is 40.0 Å². The molecule has 2 aromatic carbocycles. The summed E-state index contributed by atoms with van der Waals surface area (Å²) in [6, 6.07) is 13.6. The van der Waals surface area contributed by atoms with E-state index in [-0.39, 0.29) is 28.9 Å². The summed E-state index contributed by atoms with van der Waals surface area (Å²) in [6.07, 6.45) is 0.397. The van der Waals surface area contributed by atoms with Gasteiger partial charge in [0.25, 0.3) is 5.91 Å². The molecule has 6 nitrogen and oxygen atoms in total. The van der Waals surface area contributed by atoms with Gasteiger partial charge in [0.05, 0.1) is 5.56 Å². The Morgan fingerprint density at radius 2 is 1.92 bits per heavy atom. The summed E-state index contributed by atoms with van der Waals surface area (Å²) in [4.78, 5) is 26.1. The second-order valence-electron chi connectivity index (χ2n) is 6.24. The van der Waals surface area contributed by atoms with Gasteiger partial charge in [-0.1, -0.05) is 30.3 Å². The number of aromatic hydroxyl groups is 2. The van der Waals surface area contributed by atoms with Crippen LogP contribution in [0.4, 0.5) is 0 Å². The summed E-state index contributed by atoms with van der Waals surface area (Å²) in [7, 11) is 0. The monoisotopic (exact) mass is 340 g/mol. The minimum atomic E-state index is -0.425. The van der Waals surface area contributed by atoms with E-state index in [4.69, 9.17) is 0 Å². The average Bonchev–Trinajstić information content (AvgIpc) is 2.93. The van der Waals surface area contributed by atoms with Gasteiger partial charge in [0.1, 0.15) is 11.5 Å². The van der Waals surface area contributed by atoms with Gasteiger partial charge in [-0.15, -0.1) is 0 Å². The maximum Gasteiger partial charge on any atom is 0.255 e. The molecule has 1 aliphatic heterocycles. The molecular formula is C19H20N2O4. The lowest BCUT2D eigenvalue weighted by Gasteiger charge is -2.17. The number of benzene rings is 2. The third-order valence-electron chi connectivity index (χ3n) is 4.29. The van der Waals surface area contributed by atoms with E-state index in [1.807, 2.05) is 30.3 Å². The van der Waals surface area contributed by atoms with Gasteiger partial charge in [-0.05, 0) is 17.7 Å². The summed E-state index contributed by atoms with van der Waals surface area (Å²) in [5.74, 6) is -0.681. The highest BCUT2D eigenvalue weighted by molar-refractivity contribution is 5.97. The van der Waals surface area contributed by atoms with Crippen molar-refractivity contribution in [3.05, 3.63) is 59.7 Å². The molecule has 1 atom stereocenters. The van der Waals surface area contributed by atoms with E-state index >= 15 is 0 Å². The third kappa shape index (κ3) is 4.09.